The van der Waals surface area contributed by atoms with Crippen molar-refractivity contribution < 1.29 is 4.79 Å². The van der Waals surface area contributed by atoms with Crippen molar-refractivity contribution in [1.29, 1.82) is 5.26 Å². The lowest BCUT2D eigenvalue weighted by Gasteiger charge is -2.11. The molecule has 0 aliphatic carbocycles. The van der Waals surface area contributed by atoms with Gasteiger partial charge in [-0.05, 0) is 22.4 Å². The molecule has 2 aromatic heterocycles. The molecule has 1 amide bonds. The summed E-state index contributed by atoms with van der Waals surface area (Å²) in [7, 11) is 0. The molecule has 0 aliphatic rings. The fourth-order valence-corrected chi connectivity index (χ4v) is 1.93. The summed E-state index contributed by atoms with van der Waals surface area (Å²) in [5.74, 6) is -0.288. The van der Waals surface area contributed by atoms with E-state index in [1.807, 2.05) is 6.92 Å². The minimum absolute atomic E-state index is 0.151. The summed E-state index contributed by atoms with van der Waals surface area (Å²) >= 11 is 3.29. The fraction of sp³-hybridized carbons (Fsp3) is 0.333. The Morgan fingerprint density at radius 1 is 1.68 bits per heavy atom. The van der Waals surface area contributed by atoms with Gasteiger partial charge in [-0.15, -0.1) is 0 Å². The molecule has 7 heteroatoms. The van der Waals surface area contributed by atoms with E-state index in [1.165, 1.54) is 4.52 Å². The van der Waals surface area contributed by atoms with Crippen molar-refractivity contribution in [1.82, 2.24) is 19.9 Å². The molecule has 1 unspecified atom stereocenters. The molecule has 1 atom stereocenters. The number of fused-ring (bicyclic) bond motifs is 1. The number of nitrogens with one attached hydrogen (secondary N) is 1. The Hall–Kier alpha value is -1.94. The second-order valence-electron chi connectivity index (χ2n) is 4.05. The van der Waals surface area contributed by atoms with Crippen molar-refractivity contribution in [2.24, 2.45) is 0 Å². The molecular weight excluding hydrogens is 310 g/mol. The van der Waals surface area contributed by atoms with E-state index in [0.29, 0.717) is 24.2 Å². The van der Waals surface area contributed by atoms with Crippen LogP contribution in [0.1, 0.15) is 30.3 Å². The highest BCUT2D eigenvalue weighted by Gasteiger charge is 2.15. The zero-order chi connectivity index (χ0) is 13.8. The lowest BCUT2D eigenvalue weighted by molar-refractivity contribution is 0.0931. The number of aromatic nitrogens is 3. The number of amides is 1. The van der Waals surface area contributed by atoms with Crippen LogP contribution in [0.25, 0.3) is 5.65 Å². The van der Waals surface area contributed by atoms with Crippen molar-refractivity contribution in [3.05, 3.63) is 28.6 Å². The summed E-state index contributed by atoms with van der Waals surface area (Å²) < 4.78 is 2.32. The van der Waals surface area contributed by atoms with Crippen LogP contribution < -0.4 is 5.32 Å². The van der Waals surface area contributed by atoms with E-state index in [9.17, 15) is 4.79 Å². The number of nitrogens with zero attached hydrogens (tertiary/aromatic N) is 4. The number of halogens is 1. The lowest BCUT2D eigenvalue weighted by atomic mass is 10.1. The third-order valence-electron chi connectivity index (χ3n) is 2.68. The number of carbonyl (C=O) groups is 1. The van der Waals surface area contributed by atoms with Gasteiger partial charge in [-0.1, -0.05) is 6.92 Å². The monoisotopic (exact) mass is 321 g/mol. The van der Waals surface area contributed by atoms with Crippen molar-refractivity contribution in [2.45, 2.75) is 25.8 Å². The summed E-state index contributed by atoms with van der Waals surface area (Å²) in [5.41, 5.74) is 0.892. The van der Waals surface area contributed by atoms with Gasteiger partial charge in [0.1, 0.15) is 0 Å². The maximum absolute atomic E-state index is 12.0. The Morgan fingerprint density at radius 3 is 3.16 bits per heavy atom. The van der Waals surface area contributed by atoms with Gasteiger partial charge in [0.15, 0.2) is 11.3 Å². The van der Waals surface area contributed by atoms with Crippen LogP contribution in [0.3, 0.4) is 0 Å². The first-order valence-electron chi connectivity index (χ1n) is 5.82. The summed E-state index contributed by atoms with van der Waals surface area (Å²) in [6, 6.07) is 3.51. The normalized spacial score (nSPS) is 12.1. The first-order valence-corrected chi connectivity index (χ1v) is 6.62. The van der Waals surface area contributed by atoms with Crippen LogP contribution in [0.15, 0.2) is 22.9 Å². The Morgan fingerprint density at radius 2 is 2.47 bits per heavy atom. The van der Waals surface area contributed by atoms with E-state index >= 15 is 0 Å². The van der Waals surface area contributed by atoms with Crippen LogP contribution in [-0.2, 0) is 0 Å². The van der Waals surface area contributed by atoms with Gasteiger partial charge in [-0.25, -0.2) is 9.50 Å². The highest BCUT2D eigenvalue weighted by atomic mass is 79.9. The van der Waals surface area contributed by atoms with Crippen molar-refractivity contribution in [2.75, 3.05) is 0 Å². The molecule has 98 valence electrons. The van der Waals surface area contributed by atoms with Crippen LogP contribution in [0, 0.1) is 11.3 Å². The van der Waals surface area contributed by atoms with E-state index < -0.39 is 0 Å². The van der Waals surface area contributed by atoms with Crippen LogP contribution in [0.2, 0.25) is 0 Å². The smallest absolute Gasteiger partial charge is 0.272 e. The maximum atomic E-state index is 12.0. The Kier molecular flexibility index (Phi) is 4.12. The summed E-state index contributed by atoms with van der Waals surface area (Å²) in [6.45, 7) is 1.92. The Labute approximate surface area is 118 Å². The highest BCUT2D eigenvalue weighted by molar-refractivity contribution is 9.10. The Bertz CT molecular complexity index is 645. The number of hydrogen-bond donors (Lipinski definition) is 1. The largest absolute Gasteiger partial charge is 0.347 e. The van der Waals surface area contributed by atoms with Gasteiger partial charge in [0.25, 0.3) is 5.91 Å². The minimum Gasteiger partial charge on any atom is -0.347 e. The van der Waals surface area contributed by atoms with Crippen LogP contribution >= 0.6 is 15.9 Å². The highest BCUT2D eigenvalue weighted by Crippen LogP contribution is 2.10. The third kappa shape index (κ3) is 3.09. The second-order valence-corrected chi connectivity index (χ2v) is 4.96. The zero-order valence-electron chi connectivity index (χ0n) is 10.3. The number of hydrogen-bond acceptors (Lipinski definition) is 4. The first-order chi connectivity index (χ1) is 9.13. The quantitative estimate of drug-likeness (QED) is 0.932. The Balaban J connectivity index is 2.19. The number of nitriles is 1. The molecule has 0 aliphatic heterocycles. The number of rotatable bonds is 4. The molecule has 2 rings (SSSR count). The molecule has 0 fully saturated rings. The van der Waals surface area contributed by atoms with Gasteiger partial charge < -0.3 is 5.32 Å². The summed E-state index contributed by atoms with van der Waals surface area (Å²) in [6.07, 6.45) is 4.37. The van der Waals surface area contributed by atoms with E-state index in [0.717, 1.165) is 4.47 Å². The molecule has 6 nitrogen and oxygen atoms in total. The van der Waals surface area contributed by atoms with Crippen molar-refractivity contribution in [3.63, 3.8) is 0 Å². The molecule has 19 heavy (non-hydrogen) atoms. The molecule has 1 N–H and O–H groups in total. The molecule has 2 heterocycles. The van der Waals surface area contributed by atoms with Crippen LogP contribution in [0.5, 0.6) is 0 Å². The molecule has 0 saturated carbocycles. The average Bonchev–Trinajstić information content (AvgIpc) is 2.81. The van der Waals surface area contributed by atoms with Gasteiger partial charge >= 0.3 is 0 Å². The van der Waals surface area contributed by atoms with E-state index in [1.54, 1.807) is 18.5 Å². The first kappa shape index (κ1) is 13.5. The van der Waals surface area contributed by atoms with Gasteiger partial charge in [-0.3, -0.25) is 4.79 Å². The predicted octanol–water partition coefficient (Wildman–Crippen LogP) is 1.91. The molecule has 0 spiro atoms. The molecule has 0 radical (unpaired) electrons. The number of carbonyl (C=O) groups excluding carboxylic acids is 1. The zero-order valence-corrected chi connectivity index (χ0v) is 11.9. The minimum atomic E-state index is -0.288. The van der Waals surface area contributed by atoms with Crippen molar-refractivity contribution >= 4 is 27.5 Å². The third-order valence-corrected chi connectivity index (χ3v) is 3.09. The van der Waals surface area contributed by atoms with E-state index in [-0.39, 0.29) is 11.9 Å². The fourth-order valence-electron chi connectivity index (χ4n) is 1.63. The van der Waals surface area contributed by atoms with Crippen LogP contribution in [0.4, 0.5) is 0 Å². The van der Waals surface area contributed by atoms with Gasteiger partial charge in [0.2, 0.25) is 0 Å². The summed E-state index contributed by atoms with van der Waals surface area (Å²) in [5, 5.41) is 15.6. The molecular formula is C12H12BrN5O. The molecule has 0 saturated heterocycles. The maximum Gasteiger partial charge on any atom is 0.272 e. The van der Waals surface area contributed by atoms with E-state index in [4.69, 9.17) is 5.26 Å². The predicted molar refractivity (Wildman–Crippen MR) is 72.5 cm³/mol. The average molecular weight is 322 g/mol. The second kappa shape index (κ2) is 5.80. The van der Waals surface area contributed by atoms with Gasteiger partial charge in [0, 0.05) is 24.5 Å². The SMILES string of the molecule is CCC(CC#N)NC(=O)c1cc2ncc(Br)cn2n1. The molecule has 0 bridgehead atoms. The van der Waals surface area contributed by atoms with Crippen molar-refractivity contribution in [3.8, 4) is 6.07 Å². The van der Waals surface area contributed by atoms with E-state index in [2.05, 4.69) is 37.4 Å². The topological polar surface area (TPSA) is 83.1 Å². The van der Waals surface area contributed by atoms with Gasteiger partial charge in [0.05, 0.1) is 17.0 Å². The van der Waals surface area contributed by atoms with Crippen LogP contribution in [-0.4, -0.2) is 26.5 Å². The lowest BCUT2D eigenvalue weighted by Crippen LogP contribution is -2.34. The standard InChI is InChI=1S/C12H12BrN5O/c1-2-9(3-4-14)16-12(19)10-5-11-15-6-8(13)7-18(11)17-10/h5-7,9H,2-3H2,1H3,(H,16,19). The molecule has 2 aromatic rings. The van der Waals surface area contributed by atoms with Gasteiger partial charge in [-0.2, -0.15) is 10.4 Å². The molecule has 0 aromatic carbocycles. The summed E-state index contributed by atoms with van der Waals surface area (Å²) in [4.78, 5) is 16.1.